The third-order valence-electron chi connectivity index (χ3n) is 4.47. The van der Waals surface area contributed by atoms with Gasteiger partial charge in [0.15, 0.2) is 5.96 Å². The minimum Gasteiger partial charge on any atom is -0.457 e. The van der Waals surface area contributed by atoms with Gasteiger partial charge >= 0.3 is 5.97 Å². The summed E-state index contributed by atoms with van der Waals surface area (Å²) < 4.78 is 7.31. The number of hydrogen-bond donors (Lipinski definition) is 2. The molecule has 0 radical (unpaired) electrons. The van der Waals surface area contributed by atoms with Gasteiger partial charge in [-0.05, 0) is 35.7 Å². The van der Waals surface area contributed by atoms with Crippen LogP contribution in [0.3, 0.4) is 0 Å². The monoisotopic (exact) mass is 405 g/mol. The van der Waals surface area contributed by atoms with Crippen LogP contribution in [0, 0.1) is 0 Å². The van der Waals surface area contributed by atoms with Crippen molar-refractivity contribution < 1.29 is 9.53 Å². The summed E-state index contributed by atoms with van der Waals surface area (Å²) in [5, 5.41) is 10.7. The van der Waals surface area contributed by atoms with Gasteiger partial charge in [-0.3, -0.25) is 9.67 Å². The Morgan fingerprint density at radius 2 is 1.90 bits per heavy atom. The number of rotatable bonds is 9. The number of esters is 1. The van der Waals surface area contributed by atoms with Gasteiger partial charge in [0, 0.05) is 39.1 Å². The Bertz CT molecular complexity index is 939. The minimum absolute atomic E-state index is 0.261. The van der Waals surface area contributed by atoms with Gasteiger partial charge in [0.1, 0.15) is 6.61 Å². The van der Waals surface area contributed by atoms with Gasteiger partial charge in [-0.1, -0.05) is 42.5 Å². The number of ether oxygens (including phenoxy) is 1. The molecule has 3 aromatic rings. The summed E-state index contributed by atoms with van der Waals surface area (Å²) in [6, 6.07) is 19.0. The van der Waals surface area contributed by atoms with Gasteiger partial charge in [0.2, 0.25) is 0 Å². The summed E-state index contributed by atoms with van der Waals surface area (Å²) in [4.78, 5) is 16.6. The summed E-state index contributed by atoms with van der Waals surface area (Å²) in [5.41, 5.74) is 2.47. The van der Waals surface area contributed by atoms with Gasteiger partial charge in [0.05, 0.1) is 5.56 Å². The van der Waals surface area contributed by atoms with Crippen LogP contribution in [0.25, 0.3) is 0 Å². The highest BCUT2D eigenvalue weighted by molar-refractivity contribution is 5.89. The van der Waals surface area contributed by atoms with Crippen LogP contribution in [-0.2, 0) is 24.4 Å². The molecule has 0 saturated carbocycles. The summed E-state index contributed by atoms with van der Waals surface area (Å²) in [5.74, 6) is 0.384. The van der Waals surface area contributed by atoms with E-state index in [1.807, 2.05) is 65.5 Å². The number of aromatic nitrogens is 2. The fourth-order valence-corrected chi connectivity index (χ4v) is 2.90. The van der Waals surface area contributed by atoms with Crippen molar-refractivity contribution in [2.45, 2.75) is 26.1 Å². The summed E-state index contributed by atoms with van der Waals surface area (Å²) >= 11 is 0. The smallest absolute Gasteiger partial charge is 0.338 e. The fraction of sp³-hybridized carbons (Fsp3) is 0.261. The maximum absolute atomic E-state index is 12.4. The molecule has 0 amide bonds. The zero-order valence-electron chi connectivity index (χ0n) is 17.1. The molecule has 1 aromatic heterocycles. The lowest BCUT2D eigenvalue weighted by molar-refractivity contribution is 0.0472. The van der Waals surface area contributed by atoms with Crippen LogP contribution >= 0.6 is 0 Å². The number of nitrogens with zero attached hydrogens (tertiary/aromatic N) is 3. The first-order valence-electron chi connectivity index (χ1n) is 9.96. The summed E-state index contributed by atoms with van der Waals surface area (Å²) in [6.07, 6.45) is 4.66. The summed E-state index contributed by atoms with van der Waals surface area (Å²) in [7, 11) is 1.74. The molecule has 30 heavy (non-hydrogen) atoms. The number of carbonyl (C=O) groups is 1. The van der Waals surface area contributed by atoms with E-state index in [1.165, 1.54) is 0 Å². The molecule has 0 fully saturated rings. The van der Waals surface area contributed by atoms with Gasteiger partial charge in [0.25, 0.3) is 0 Å². The van der Waals surface area contributed by atoms with Crippen LogP contribution in [0.15, 0.2) is 78.0 Å². The second-order valence-corrected chi connectivity index (χ2v) is 6.74. The Labute approximate surface area is 176 Å². The first-order chi connectivity index (χ1) is 14.7. The number of aliphatic imine (C=N–C) groups is 1. The first-order valence-corrected chi connectivity index (χ1v) is 9.96. The van der Waals surface area contributed by atoms with E-state index in [-0.39, 0.29) is 12.6 Å². The number of benzene rings is 2. The van der Waals surface area contributed by atoms with E-state index in [9.17, 15) is 4.79 Å². The van der Waals surface area contributed by atoms with E-state index in [0.717, 1.165) is 30.6 Å². The largest absolute Gasteiger partial charge is 0.457 e. The maximum atomic E-state index is 12.4. The van der Waals surface area contributed by atoms with E-state index < -0.39 is 0 Å². The topological polar surface area (TPSA) is 80.5 Å². The minimum atomic E-state index is -0.332. The molecule has 0 saturated heterocycles. The second kappa shape index (κ2) is 11.4. The van der Waals surface area contributed by atoms with E-state index in [0.29, 0.717) is 18.1 Å². The molecular formula is C23H27N5O2. The standard InChI is InChI=1S/C23H27N5O2/c1-24-23(25-12-6-14-28-15-7-13-27-28)26-17-20-10-5-11-21(16-20)22(29)30-18-19-8-3-2-4-9-19/h2-5,7-11,13,15-16H,6,12,14,17-18H2,1H3,(H2,24,25,26). The van der Waals surface area contributed by atoms with Crippen LogP contribution < -0.4 is 10.6 Å². The van der Waals surface area contributed by atoms with E-state index in [1.54, 1.807) is 19.3 Å². The van der Waals surface area contributed by atoms with Gasteiger partial charge < -0.3 is 15.4 Å². The third kappa shape index (κ3) is 6.77. The zero-order chi connectivity index (χ0) is 21.0. The Hall–Kier alpha value is -3.61. The quantitative estimate of drug-likeness (QED) is 0.248. The molecule has 7 heteroatoms. The van der Waals surface area contributed by atoms with Crippen molar-refractivity contribution >= 4 is 11.9 Å². The number of aryl methyl sites for hydroxylation is 1. The molecule has 2 N–H and O–H groups in total. The van der Waals surface area contributed by atoms with Crippen molar-refractivity contribution in [1.82, 2.24) is 20.4 Å². The molecule has 0 spiro atoms. The average Bonchev–Trinajstić information content (AvgIpc) is 3.31. The van der Waals surface area contributed by atoms with E-state index >= 15 is 0 Å². The molecule has 0 bridgehead atoms. The lowest BCUT2D eigenvalue weighted by atomic mass is 10.1. The summed E-state index contributed by atoms with van der Waals surface area (Å²) in [6.45, 7) is 2.45. The highest BCUT2D eigenvalue weighted by Crippen LogP contribution is 2.09. The molecule has 156 valence electrons. The lowest BCUT2D eigenvalue weighted by Gasteiger charge is -2.12. The number of guanidine groups is 1. The van der Waals surface area contributed by atoms with Crippen molar-refractivity contribution in [2.24, 2.45) is 4.99 Å². The van der Waals surface area contributed by atoms with E-state index in [2.05, 4.69) is 20.7 Å². The molecule has 0 aliphatic heterocycles. The average molecular weight is 406 g/mol. The van der Waals surface area contributed by atoms with Crippen molar-refractivity contribution in [3.05, 3.63) is 89.7 Å². The van der Waals surface area contributed by atoms with Crippen LogP contribution in [0.2, 0.25) is 0 Å². The zero-order valence-corrected chi connectivity index (χ0v) is 17.1. The van der Waals surface area contributed by atoms with E-state index in [4.69, 9.17) is 4.74 Å². The maximum Gasteiger partial charge on any atom is 0.338 e. The molecule has 0 unspecified atom stereocenters. The Balaban J connectivity index is 1.43. The van der Waals surface area contributed by atoms with Crippen LogP contribution in [0.5, 0.6) is 0 Å². The first kappa shape index (κ1) is 21.1. The van der Waals surface area contributed by atoms with Crippen molar-refractivity contribution in [2.75, 3.05) is 13.6 Å². The van der Waals surface area contributed by atoms with Gasteiger partial charge in [-0.2, -0.15) is 5.10 Å². The Kier molecular flexibility index (Phi) is 8.02. The lowest BCUT2D eigenvalue weighted by Crippen LogP contribution is -2.37. The Morgan fingerprint density at radius 1 is 1.07 bits per heavy atom. The molecule has 3 rings (SSSR count). The highest BCUT2D eigenvalue weighted by Gasteiger charge is 2.08. The van der Waals surface area contributed by atoms with Gasteiger partial charge in [-0.15, -0.1) is 0 Å². The van der Waals surface area contributed by atoms with Crippen LogP contribution in [0.4, 0.5) is 0 Å². The van der Waals surface area contributed by atoms with Crippen molar-refractivity contribution in [1.29, 1.82) is 0 Å². The molecule has 0 atom stereocenters. The molecule has 2 aromatic carbocycles. The Morgan fingerprint density at radius 3 is 2.67 bits per heavy atom. The number of nitrogens with one attached hydrogen (secondary N) is 2. The molecule has 7 nitrogen and oxygen atoms in total. The molecule has 1 heterocycles. The van der Waals surface area contributed by atoms with Gasteiger partial charge in [-0.25, -0.2) is 4.79 Å². The second-order valence-electron chi connectivity index (χ2n) is 6.74. The van der Waals surface area contributed by atoms with Crippen molar-refractivity contribution in [3.8, 4) is 0 Å². The van der Waals surface area contributed by atoms with Crippen LogP contribution in [-0.4, -0.2) is 35.3 Å². The normalized spacial score (nSPS) is 11.2. The number of hydrogen-bond acceptors (Lipinski definition) is 4. The third-order valence-corrected chi connectivity index (χ3v) is 4.47. The number of carbonyl (C=O) groups excluding carboxylic acids is 1. The predicted molar refractivity (Wildman–Crippen MR) is 117 cm³/mol. The van der Waals surface area contributed by atoms with Crippen LogP contribution in [0.1, 0.15) is 27.9 Å². The fourth-order valence-electron chi connectivity index (χ4n) is 2.90. The molecule has 0 aliphatic rings. The SMILES string of the molecule is CN=C(NCCCn1cccn1)NCc1cccc(C(=O)OCc2ccccc2)c1. The molecule has 0 aliphatic carbocycles. The predicted octanol–water partition coefficient (Wildman–Crippen LogP) is 3.00. The highest BCUT2D eigenvalue weighted by atomic mass is 16.5. The van der Waals surface area contributed by atoms with Crippen molar-refractivity contribution in [3.63, 3.8) is 0 Å². The molecular weight excluding hydrogens is 378 g/mol.